The molecule has 1 saturated heterocycles. The van der Waals surface area contributed by atoms with Crippen LogP contribution in [0.1, 0.15) is 44.9 Å². The van der Waals surface area contributed by atoms with E-state index >= 15 is 0 Å². The van der Waals surface area contributed by atoms with Crippen LogP contribution < -0.4 is 0 Å². The van der Waals surface area contributed by atoms with Crippen LogP contribution in [0, 0.1) is 5.92 Å². The maximum absolute atomic E-state index is 12.1. The fraction of sp³-hybridized carbons (Fsp3) is 0.857. The fourth-order valence-corrected chi connectivity index (χ4v) is 2.51. The third kappa shape index (κ3) is 5.19. The Bertz CT molecular complexity index is 321. The van der Waals surface area contributed by atoms with Crippen LogP contribution >= 0.6 is 0 Å². The Labute approximate surface area is 113 Å². The van der Waals surface area contributed by atoms with Crippen molar-refractivity contribution in [3.63, 3.8) is 0 Å². The highest BCUT2D eigenvalue weighted by molar-refractivity contribution is 5.81. The van der Waals surface area contributed by atoms with E-state index in [-0.39, 0.29) is 18.6 Å². The van der Waals surface area contributed by atoms with E-state index < -0.39 is 5.97 Å². The van der Waals surface area contributed by atoms with Crippen molar-refractivity contribution in [1.82, 2.24) is 4.90 Å². The third-order valence-electron chi connectivity index (χ3n) is 3.81. The van der Waals surface area contributed by atoms with Crippen molar-refractivity contribution >= 4 is 11.9 Å². The number of hydrogen-bond acceptors (Lipinski definition) is 3. The van der Waals surface area contributed by atoms with Crippen LogP contribution in [0.15, 0.2) is 0 Å². The summed E-state index contributed by atoms with van der Waals surface area (Å²) in [4.78, 5) is 24.4. The Morgan fingerprint density at radius 2 is 2.00 bits per heavy atom. The zero-order valence-corrected chi connectivity index (χ0v) is 11.3. The van der Waals surface area contributed by atoms with E-state index in [0.29, 0.717) is 18.9 Å². The number of carboxylic acid groups (broad SMARTS) is 1. The average Bonchev–Trinajstić information content (AvgIpc) is 3.20. The first-order chi connectivity index (χ1) is 9.15. The number of hydrogen-bond donors (Lipinski definition) is 1. The molecular weight excluding hydrogens is 246 g/mol. The molecule has 19 heavy (non-hydrogen) atoms. The Balaban J connectivity index is 1.74. The fourth-order valence-electron chi connectivity index (χ4n) is 2.51. The molecule has 1 amide bonds. The Kier molecular flexibility index (Phi) is 5.19. The normalized spacial score (nSPS) is 23.1. The van der Waals surface area contributed by atoms with Crippen LogP contribution in [-0.4, -0.2) is 47.7 Å². The number of carbonyl (C=O) groups is 2. The molecule has 2 rings (SSSR count). The van der Waals surface area contributed by atoms with Crippen LogP contribution in [-0.2, 0) is 14.3 Å². The van der Waals surface area contributed by atoms with Crippen LogP contribution in [0.5, 0.6) is 0 Å². The number of ether oxygens (including phenoxy) is 1. The molecular formula is C14H23NO4. The summed E-state index contributed by atoms with van der Waals surface area (Å²) in [5.41, 5.74) is 0. The van der Waals surface area contributed by atoms with Gasteiger partial charge < -0.3 is 14.7 Å². The number of rotatable bonds is 7. The standard InChI is InChI=1S/C14H23NO4/c16-13(7-6-12-3-1-2-8-19-12)15(10-14(17)18)9-11-4-5-11/h11-12H,1-10H2,(H,17,18). The molecule has 0 aromatic carbocycles. The highest BCUT2D eigenvalue weighted by Gasteiger charge is 2.28. The molecule has 0 spiro atoms. The molecule has 2 fully saturated rings. The number of nitrogens with zero attached hydrogens (tertiary/aromatic N) is 1. The van der Waals surface area contributed by atoms with Gasteiger partial charge in [-0.1, -0.05) is 0 Å². The molecule has 1 heterocycles. The lowest BCUT2D eigenvalue weighted by Gasteiger charge is -2.24. The summed E-state index contributed by atoms with van der Waals surface area (Å²) in [6.07, 6.45) is 6.85. The monoisotopic (exact) mass is 269 g/mol. The lowest BCUT2D eigenvalue weighted by Crippen LogP contribution is -2.37. The molecule has 1 saturated carbocycles. The van der Waals surface area contributed by atoms with Gasteiger partial charge in [-0.2, -0.15) is 0 Å². The second-order valence-corrected chi connectivity index (χ2v) is 5.64. The molecule has 0 aromatic rings. The van der Waals surface area contributed by atoms with Gasteiger partial charge in [-0.3, -0.25) is 9.59 Å². The smallest absolute Gasteiger partial charge is 0.323 e. The minimum absolute atomic E-state index is 0.0385. The topological polar surface area (TPSA) is 66.8 Å². The second kappa shape index (κ2) is 6.89. The first-order valence-corrected chi connectivity index (χ1v) is 7.26. The highest BCUT2D eigenvalue weighted by atomic mass is 16.5. The predicted octanol–water partition coefficient (Wildman–Crippen LogP) is 1.66. The Morgan fingerprint density at radius 3 is 2.58 bits per heavy atom. The lowest BCUT2D eigenvalue weighted by atomic mass is 10.0. The lowest BCUT2D eigenvalue weighted by molar-refractivity contribution is -0.145. The SMILES string of the molecule is O=C(O)CN(CC1CC1)C(=O)CCC1CCCCO1. The van der Waals surface area contributed by atoms with E-state index in [4.69, 9.17) is 9.84 Å². The third-order valence-corrected chi connectivity index (χ3v) is 3.81. The Morgan fingerprint density at radius 1 is 1.21 bits per heavy atom. The highest BCUT2D eigenvalue weighted by Crippen LogP contribution is 2.30. The van der Waals surface area contributed by atoms with Gasteiger partial charge in [-0.25, -0.2) is 0 Å². The summed E-state index contributed by atoms with van der Waals surface area (Å²) in [5.74, 6) is -0.444. The molecule has 0 radical (unpaired) electrons. The van der Waals surface area contributed by atoms with E-state index in [9.17, 15) is 9.59 Å². The first kappa shape index (κ1) is 14.3. The summed E-state index contributed by atoms with van der Waals surface area (Å²) >= 11 is 0. The molecule has 1 aliphatic carbocycles. The van der Waals surface area contributed by atoms with E-state index in [1.54, 1.807) is 0 Å². The molecule has 0 bridgehead atoms. The summed E-state index contributed by atoms with van der Waals surface area (Å²) in [5, 5.41) is 8.86. The van der Waals surface area contributed by atoms with Gasteiger partial charge >= 0.3 is 5.97 Å². The van der Waals surface area contributed by atoms with Gasteiger partial charge in [0.15, 0.2) is 0 Å². The molecule has 5 heteroatoms. The molecule has 0 aromatic heterocycles. The number of carboxylic acids is 1. The summed E-state index contributed by atoms with van der Waals surface area (Å²) in [6, 6.07) is 0. The van der Waals surface area contributed by atoms with Crippen LogP contribution in [0.2, 0.25) is 0 Å². The molecule has 2 aliphatic rings. The van der Waals surface area contributed by atoms with Crippen molar-refractivity contribution in [2.75, 3.05) is 19.7 Å². The average molecular weight is 269 g/mol. The van der Waals surface area contributed by atoms with Gasteiger partial charge in [-0.05, 0) is 44.4 Å². The van der Waals surface area contributed by atoms with Crippen molar-refractivity contribution in [3.05, 3.63) is 0 Å². The number of carbonyl (C=O) groups excluding carboxylic acids is 1. The van der Waals surface area contributed by atoms with Crippen LogP contribution in [0.3, 0.4) is 0 Å². The van der Waals surface area contributed by atoms with E-state index in [1.165, 1.54) is 11.3 Å². The van der Waals surface area contributed by atoms with Crippen molar-refractivity contribution in [2.24, 2.45) is 5.92 Å². The zero-order valence-electron chi connectivity index (χ0n) is 11.3. The molecule has 1 N–H and O–H groups in total. The van der Waals surface area contributed by atoms with Crippen molar-refractivity contribution < 1.29 is 19.4 Å². The van der Waals surface area contributed by atoms with Gasteiger partial charge in [-0.15, -0.1) is 0 Å². The van der Waals surface area contributed by atoms with Crippen molar-refractivity contribution in [2.45, 2.75) is 51.0 Å². The van der Waals surface area contributed by atoms with Crippen molar-refractivity contribution in [1.29, 1.82) is 0 Å². The molecule has 1 aliphatic heterocycles. The number of aliphatic carboxylic acids is 1. The van der Waals surface area contributed by atoms with E-state index in [0.717, 1.165) is 38.7 Å². The van der Waals surface area contributed by atoms with Gasteiger partial charge in [0.2, 0.25) is 5.91 Å². The summed E-state index contributed by atoms with van der Waals surface area (Å²) < 4.78 is 5.60. The summed E-state index contributed by atoms with van der Waals surface area (Å²) in [6.45, 7) is 1.23. The summed E-state index contributed by atoms with van der Waals surface area (Å²) in [7, 11) is 0. The van der Waals surface area contributed by atoms with Gasteiger partial charge in [0.05, 0.1) is 6.10 Å². The van der Waals surface area contributed by atoms with Crippen LogP contribution in [0.25, 0.3) is 0 Å². The maximum Gasteiger partial charge on any atom is 0.323 e. The predicted molar refractivity (Wildman–Crippen MR) is 69.8 cm³/mol. The van der Waals surface area contributed by atoms with Crippen molar-refractivity contribution in [3.8, 4) is 0 Å². The minimum Gasteiger partial charge on any atom is -0.480 e. The molecule has 1 atom stereocenters. The van der Waals surface area contributed by atoms with Gasteiger partial charge in [0.25, 0.3) is 0 Å². The second-order valence-electron chi connectivity index (χ2n) is 5.64. The van der Waals surface area contributed by atoms with E-state index in [2.05, 4.69) is 0 Å². The molecule has 108 valence electrons. The Hall–Kier alpha value is -1.10. The maximum atomic E-state index is 12.1. The van der Waals surface area contributed by atoms with Crippen LogP contribution in [0.4, 0.5) is 0 Å². The largest absolute Gasteiger partial charge is 0.480 e. The quantitative estimate of drug-likeness (QED) is 0.763. The molecule has 1 unspecified atom stereocenters. The minimum atomic E-state index is -0.928. The van der Waals surface area contributed by atoms with E-state index in [1.807, 2.05) is 0 Å². The molecule has 5 nitrogen and oxygen atoms in total. The zero-order chi connectivity index (χ0) is 13.7. The van der Waals surface area contributed by atoms with Gasteiger partial charge in [0, 0.05) is 19.6 Å². The first-order valence-electron chi connectivity index (χ1n) is 7.26. The van der Waals surface area contributed by atoms with Gasteiger partial charge in [0.1, 0.15) is 6.54 Å². The number of amides is 1.